The number of likely N-dealkylation sites (N-methyl/N-ethyl adjacent to an activating group) is 1. The molecule has 1 aliphatic rings. The first-order valence-corrected chi connectivity index (χ1v) is 13.3. The second-order valence-corrected chi connectivity index (χ2v) is 11.0. The van der Waals surface area contributed by atoms with Crippen molar-refractivity contribution in [2.24, 2.45) is 0 Å². The lowest BCUT2D eigenvalue weighted by Gasteiger charge is -2.32. The van der Waals surface area contributed by atoms with E-state index in [1.807, 2.05) is 6.07 Å². The van der Waals surface area contributed by atoms with Crippen molar-refractivity contribution in [1.82, 2.24) is 13.8 Å². The topological polar surface area (TPSA) is 88.7 Å². The van der Waals surface area contributed by atoms with Crippen molar-refractivity contribution in [3.8, 4) is 0 Å². The van der Waals surface area contributed by atoms with Crippen LogP contribution in [0.25, 0.3) is 10.9 Å². The molecule has 2 aromatic carbocycles. The van der Waals surface area contributed by atoms with Crippen LogP contribution in [0.15, 0.2) is 67.4 Å². The lowest BCUT2D eigenvalue weighted by Crippen LogP contribution is -2.43. The highest BCUT2D eigenvalue weighted by Gasteiger charge is 2.22. The number of rotatable bonds is 7. The summed E-state index contributed by atoms with van der Waals surface area (Å²) in [6, 6.07) is 14.8. The Bertz CT molecular complexity index is 1260. The molecular weight excluding hydrogens is 464 g/mol. The minimum Gasteiger partial charge on any atom is -0.304 e. The molecule has 0 radical (unpaired) electrons. The lowest BCUT2D eigenvalue weighted by atomic mass is 10.0. The molecular formula is C26H34N4O4S. The van der Waals surface area contributed by atoms with E-state index in [9.17, 15) is 18.5 Å². The number of nitro benzene ring substituents is 1. The van der Waals surface area contributed by atoms with Crippen molar-refractivity contribution in [2.75, 3.05) is 39.0 Å². The smallest absolute Gasteiger partial charge is 0.270 e. The Morgan fingerprint density at radius 3 is 2.29 bits per heavy atom. The van der Waals surface area contributed by atoms with E-state index in [1.165, 1.54) is 33.8 Å². The number of aromatic nitrogens is 1. The number of nitrogens with zero attached hydrogens (tertiary/aromatic N) is 4. The van der Waals surface area contributed by atoms with Crippen molar-refractivity contribution in [1.29, 1.82) is 0 Å². The Morgan fingerprint density at radius 1 is 1.09 bits per heavy atom. The molecule has 9 heteroatoms. The van der Waals surface area contributed by atoms with Crippen molar-refractivity contribution < 1.29 is 13.3 Å². The summed E-state index contributed by atoms with van der Waals surface area (Å²) < 4.78 is 26.3. The standard InChI is InChI=1S/C17H22N4O4S.C9H12/c1-3-10-26(24,25)20-13-14(12-19-8-6-18(2)7-9-19)16-11-15(21(22)23)4-5-17(16)20;1-8(2)9-6-4-3-5-7-9/h3-5,11,13H,1,6-10,12H2,2H3;3-8H,1-2H3. The van der Waals surface area contributed by atoms with E-state index in [4.69, 9.17) is 0 Å². The second-order valence-electron chi connectivity index (χ2n) is 9.12. The minimum absolute atomic E-state index is 0.0454. The lowest BCUT2D eigenvalue weighted by molar-refractivity contribution is -0.384. The van der Waals surface area contributed by atoms with Crippen LogP contribution in [0.2, 0.25) is 0 Å². The molecule has 1 aliphatic heterocycles. The third kappa shape index (κ3) is 6.78. The van der Waals surface area contributed by atoms with Crippen LogP contribution in [0, 0.1) is 10.1 Å². The van der Waals surface area contributed by atoms with Crippen LogP contribution in [0.4, 0.5) is 5.69 Å². The first kappa shape index (κ1) is 26.6. The van der Waals surface area contributed by atoms with E-state index < -0.39 is 14.9 Å². The van der Waals surface area contributed by atoms with E-state index in [0.717, 1.165) is 31.7 Å². The Balaban J connectivity index is 0.000000320. The summed E-state index contributed by atoms with van der Waals surface area (Å²) in [5.74, 6) is 0.466. The monoisotopic (exact) mass is 498 g/mol. The highest BCUT2D eigenvalue weighted by molar-refractivity contribution is 7.90. The summed E-state index contributed by atoms with van der Waals surface area (Å²) in [6.07, 6.45) is 2.93. The number of piperazine rings is 1. The molecule has 1 saturated heterocycles. The molecule has 3 aromatic rings. The molecule has 0 aliphatic carbocycles. The maximum absolute atomic E-state index is 12.6. The van der Waals surface area contributed by atoms with Crippen molar-refractivity contribution in [3.05, 3.63) is 88.6 Å². The summed E-state index contributed by atoms with van der Waals surface area (Å²) in [5.41, 5.74) is 2.61. The van der Waals surface area contributed by atoms with Gasteiger partial charge in [0.2, 0.25) is 10.0 Å². The largest absolute Gasteiger partial charge is 0.304 e. The number of non-ortho nitro benzene ring substituents is 1. The number of hydrogen-bond acceptors (Lipinski definition) is 6. The van der Waals surface area contributed by atoms with Gasteiger partial charge in [-0.15, -0.1) is 6.58 Å². The molecule has 0 saturated carbocycles. The average molecular weight is 499 g/mol. The zero-order chi connectivity index (χ0) is 25.6. The predicted octanol–water partition coefficient (Wildman–Crippen LogP) is 4.47. The van der Waals surface area contributed by atoms with Crippen LogP contribution in [0.5, 0.6) is 0 Å². The zero-order valence-corrected chi connectivity index (χ0v) is 21.4. The molecule has 0 spiro atoms. The SMILES string of the molecule is C=CCS(=O)(=O)n1cc(CN2CCN(C)CC2)c2cc([N+](=O)[O-])ccc21.CC(C)c1ccccc1. The first-order chi connectivity index (χ1) is 16.6. The highest BCUT2D eigenvalue weighted by Crippen LogP contribution is 2.28. The fourth-order valence-electron chi connectivity index (χ4n) is 4.04. The van der Waals surface area contributed by atoms with Crippen molar-refractivity contribution in [2.45, 2.75) is 26.3 Å². The van der Waals surface area contributed by atoms with Crippen molar-refractivity contribution >= 4 is 26.6 Å². The zero-order valence-electron chi connectivity index (χ0n) is 20.6. The fraction of sp³-hybridized carbons (Fsp3) is 0.385. The van der Waals surface area contributed by atoms with Gasteiger partial charge >= 0.3 is 0 Å². The normalized spacial score (nSPS) is 15.1. The Kier molecular flexibility index (Phi) is 8.82. The number of nitro groups is 1. The number of fused-ring (bicyclic) bond motifs is 1. The van der Waals surface area contributed by atoms with Gasteiger partial charge in [-0.25, -0.2) is 12.4 Å². The summed E-state index contributed by atoms with van der Waals surface area (Å²) in [6.45, 7) is 12.1. The van der Waals surface area contributed by atoms with Crippen LogP contribution in [0.1, 0.15) is 30.9 Å². The fourth-order valence-corrected chi connectivity index (χ4v) is 5.24. The summed E-state index contributed by atoms with van der Waals surface area (Å²) in [5, 5.41) is 11.7. The van der Waals surface area contributed by atoms with E-state index >= 15 is 0 Å². The second kappa shape index (κ2) is 11.6. The molecule has 2 heterocycles. The van der Waals surface area contributed by atoms with Crippen LogP contribution in [0.3, 0.4) is 0 Å². The average Bonchev–Trinajstić information content (AvgIpc) is 3.20. The van der Waals surface area contributed by atoms with Crippen LogP contribution in [-0.4, -0.2) is 66.1 Å². The van der Waals surface area contributed by atoms with Gasteiger partial charge in [0.25, 0.3) is 5.69 Å². The van der Waals surface area contributed by atoms with Gasteiger partial charge in [-0.05, 0) is 30.2 Å². The molecule has 1 fully saturated rings. The van der Waals surface area contributed by atoms with Crippen LogP contribution in [-0.2, 0) is 16.6 Å². The first-order valence-electron chi connectivity index (χ1n) is 11.7. The number of benzene rings is 2. The molecule has 0 amide bonds. The maximum atomic E-state index is 12.6. The molecule has 0 bridgehead atoms. The minimum atomic E-state index is -3.60. The summed E-state index contributed by atoms with van der Waals surface area (Å²) >= 11 is 0. The summed E-state index contributed by atoms with van der Waals surface area (Å²) in [7, 11) is -1.53. The molecule has 4 rings (SSSR count). The molecule has 35 heavy (non-hydrogen) atoms. The Hall–Kier alpha value is -3.01. The Labute approximate surface area is 207 Å². The van der Waals surface area contributed by atoms with Crippen LogP contribution >= 0.6 is 0 Å². The molecule has 8 nitrogen and oxygen atoms in total. The van der Waals surface area contributed by atoms with Gasteiger partial charge in [0.05, 0.1) is 16.2 Å². The van der Waals surface area contributed by atoms with Crippen LogP contribution < -0.4 is 0 Å². The molecule has 1 aromatic heterocycles. The third-order valence-corrected chi connectivity index (χ3v) is 7.69. The molecule has 0 atom stereocenters. The van der Waals surface area contributed by atoms with Gasteiger partial charge in [0.15, 0.2) is 0 Å². The van der Waals surface area contributed by atoms with E-state index in [0.29, 0.717) is 23.4 Å². The van der Waals surface area contributed by atoms with E-state index in [-0.39, 0.29) is 11.4 Å². The van der Waals surface area contributed by atoms with Gasteiger partial charge in [-0.3, -0.25) is 15.0 Å². The van der Waals surface area contributed by atoms with Gasteiger partial charge < -0.3 is 4.90 Å². The highest BCUT2D eigenvalue weighted by atomic mass is 32.2. The van der Waals surface area contributed by atoms with Gasteiger partial charge in [-0.2, -0.15) is 0 Å². The quantitative estimate of drug-likeness (QED) is 0.271. The maximum Gasteiger partial charge on any atom is 0.270 e. The van der Waals surface area contributed by atoms with Gasteiger partial charge in [0, 0.05) is 56.4 Å². The molecule has 188 valence electrons. The van der Waals surface area contributed by atoms with Crippen molar-refractivity contribution in [3.63, 3.8) is 0 Å². The molecule has 0 unspecified atom stereocenters. The van der Waals surface area contributed by atoms with Gasteiger partial charge in [0.1, 0.15) is 0 Å². The van der Waals surface area contributed by atoms with E-state index in [2.05, 4.69) is 61.5 Å². The summed E-state index contributed by atoms with van der Waals surface area (Å²) in [4.78, 5) is 15.1. The van der Waals surface area contributed by atoms with E-state index in [1.54, 1.807) is 6.20 Å². The predicted molar refractivity (Wildman–Crippen MR) is 141 cm³/mol. The third-order valence-electron chi connectivity index (χ3n) is 6.13. The number of hydrogen-bond donors (Lipinski definition) is 0. The van der Waals surface area contributed by atoms with Gasteiger partial charge in [-0.1, -0.05) is 50.3 Å². The molecule has 0 N–H and O–H groups in total. The Morgan fingerprint density at radius 2 is 1.74 bits per heavy atom.